The molecule has 0 radical (unpaired) electrons. The lowest BCUT2D eigenvalue weighted by Crippen LogP contribution is -2.41. The van der Waals surface area contributed by atoms with Gasteiger partial charge in [-0.3, -0.25) is 4.98 Å². The van der Waals surface area contributed by atoms with E-state index in [1.807, 2.05) is 42.5 Å². The zero-order chi connectivity index (χ0) is 28.0. The summed E-state index contributed by atoms with van der Waals surface area (Å²) in [5.41, 5.74) is 16.7. The fourth-order valence-electron chi connectivity index (χ4n) is 5.43. The summed E-state index contributed by atoms with van der Waals surface area (Å²) in [6.45, 7) is 2.67. The molecule has 0 saturated carbocycles. The van der Waals surface area contributed by atoms with E-state index in [1.165, 1.54) is 4.52 Å². The second-order valence-corrected chi connectivity index (χ2v) is 12.1. The van der Waals surface area contributed by atoms with Gasteiger partial charge in [0, 0.05) is 53.8 Å². The molecular weight excluding hydrogens is 526 g/mol. The summed E-state index contributed by atoms with van der Waals surface area (Å²) in [5.74, 6) is 0.863. The smallest absolute Gasteiger partial charge is 0.227 e. The highest BCUT2D eigenvalue weighted by Gasteiger charge is 2.34. The maximum absolute atomic E-state index is 13.0. The molecule has 0 bridgehead atoms. The van der Waals surface area contributed by atoms with Crippen molar-refractivity contribution in [2.24, 2.45) is 0 Å². The molecule has 2 atom stereocenters. The summed E-state index contributed by atoms with van der Waals surface area (Å²) in [6, 6.07) is 15.5. The maximum atomic E-state index is 13.0. The molecular formula is C28H29N9O2S. The Morgan fingerprint density at radius 1 is 0.950 bits per heavy atom. The number of hydrogen-bond donors (Lipinski definition) is 2. The molecule has 6 rings (SSSR count). The summed E-state index contributed by atoms with van der Waals surface area (Å²) >= 11 is 0. The number of nitrogens with two attached hydrogens (primary N) is 2. The van der Waals surface area contributed by atoms with Crippen LogP contribution in [0.1, 0.15) is 31.4 Å². The largest absolute Gasteiger partial charge is 0.384 e. The Hall–Kier alpha value is -4.58. The molecule has 204 valence electrons. The number of hydrogen-bond acceptors (Lipinski definition) is 10. The van der Waals surface area contributed by atoms with Gasteiger partial charge < -0.3 is 16.4 Å². The Kier molecular flexibility index (Phi) is 6.34. The third-order valence-corrected chi connectivity index (χ3v) is 8.52. The average Bonchev–Trinajstić information content (AvgIpc) is 3.37. The molecule has 1 saturated heterocycles. The van der Waals surface area contributed by atoms with Crippen LogP contribution in [0, 0.1) is 0 Å². The van der Waals surface area contributed by atoms with E-state index in [-0.39, 0.29) is 22.7 Å². The molecule has 40 heavy (non-hydrogen) atoms. The van der Waals surface area contributed by atoms with Crippen molar-refractivity contribution in [3.63, 3.8) is 0 Å². The van der Waals surface area contributed by atoms with Gasteiger partial charge in [-0.15, -0.1) is 0 Å². The van der Waals surface area contributed by atoms with Crippen LogP contribution < -0.4 is 16.4 Å². The SMILES string of the molecule is C[C@H]1C[C@H](c2nc3c(-c4ccc(-c5ccccc5)nc4)cnn3c(N)c2S(C)(=O)=O)CCN1c1nccc(N)n1. The van der Waals surface area contributed by atoms with E-state index in [1.54, 1.807) is 24.7 Å². The zero-order valence-corrected chi connectivity index (χ0v) is 23.0. The van der Waals surface area contributed by atoms with Gasteiger partial charge in [0.15, 0.2) is 15.5 Å². The molecule has 1 aliphatic rings. The highest BCUT2D eigenvalue weighted by molar-refractivity contribution is 7.91. The lowest BCUT2D eigenvalue weighted by Gasteiger charge is -2.38. The van der Waals surface area contributed by atoms with Crippen molar-refractivity contribution in [2.75, 3.05) is 29.2 Å². The van der Waals surface area contributed by atoms with Crippen molar-refractivity contribution < 1.29 is 8.42 Å². The van der Waals surface area contributed by atoms with Crippen LogP contribution >= 0.6 is 0 Å². The van der Waals surface area contributed by atoms with Crippen LogP contribution in [0.15, 0.2) is 72.0 Å². The van der Waals surface area contributed by atoms with Gasteiger partial charge >= 0.3 is 0 Å². The van der Waals surface area contributed by atoms with Crippen molar-refractivity contribution in [2.45, 2.75) is 36.6 Å². The third kappa shape index (κ3) is 4.60. The van der Waals surface area contributed by atoms with Crippen molar-refractivity contribution >= 4 is 33.1 Å². The summed E-state index contributed by atoms with van der Waals surface area (Å²) in [5, 5.41) is 4.41. The van der Waals surface area contributed by atoms with Crippen LogP contribution in [0.4, 0.5) is 17.6 Å². The van der Waals surface area contributed by atoms with E-state index in [9.17, 15) is 8.42 Å². The van der Waals surface area contributed by atoms with E-state index >= 15 is 0 Å². The Balaban J connectivity index is 1.40. The van der Waals surface area contributed by atoms with E-state index in [0.717, 1.165) is 28.6 Å². The average molecular weight is 556 g/mol. The second-order valence-electron chi connectivity index (χ2n) is 10.1. The first-order chi connectivity index (χ1) is 19.2. The zero-order valence-electron chi connectivity index (χ0n) is 22.1. The highest BCUT2D eigenvalue weighted by Crippen LogP contribution is 2.39. The fourth-order valence-corrected chi connectivity index (χ4v) is 6.49. The van der Waals surface area contributed by atoms with Crippen LogP contribution in [0.5, 0.6) is 0 Å². The van der Waals surface area contributed by atoms with Crippen molar-refractivity contribution in [1.29, 1.82) is 0 Å². The number of benzene rings is 1. The number of pyridine rings is 1. The van der Waals surface area contributed by atoms with Gasteiger partial charge in [0.05, 0.1) is 17.6 Å². The number of piperidine rings is 1. The van der Waals surface area contributed by atoms with Crippen LogP contribution in [0.3, 0.4) is 0 Å². The molecule has 0 spiro atoms. The standard InChI is InChI=1S/C28H29N9O2S/c1-17-14-19(11-13-36(17)28-31-12-10-23(29)34-28)24-25(40(2,38)39)26(30)37-27(35-24)21(16-33-37)20-8-9-22(32-15-20)18-6-4-3-5-7-18/h3-10,12,15-17,19H,11,13-14,30H2,1-2H3,(H2,29,31,34)/t17-,19+/m0/s1. The maximum Gasteiger partial charge on any atom is 0.227 e. The first kappa shape index (κ1) is 25.7. The number of aromatic nitrogens is 6. The molecule has 11 nitrogen and oxygen atoms in total. The van der Waals surface area contributed by atoms with Crippen LogP contribution in [-0.2, 0) is 9.84 Å². The van der Waals surface area contributed by atoms with Gasteiger partial charge in [-0.1, -0.05) is 36.4 Å². The lowest BCUT2D eigenvalue weighted by molar-refractivity contribution is 0.415. The van der Waals surface area contributed by atoms with Gasteiger partial charge in [0.2, 0.25) is 5.95 Å². The molecule has 5 heterocycles. The predicted octanol–water partition coefficient (Wildman–Crippen LogP) is 3.59. The Labute approximate surface area is 231 Å². The minimum Gasteiger partial charge on any atom is -0.384 e. The quantitative estimate of drug-likeness (QED) is 0.328. The normalized spacial score (nSPS) is 17.8. The van der Waals surface area contributed by atoms with Gasteiger partial charge in [0.1, 0.15) is 16.5 Å². The third-order valence-electron chi connectivity index (χ3n) is 7.36. The summed E-state index contributed by atoms with van der Waals surface area (Å²) < 4.78 is 27.4. The Bertz CT molecular complexity index is 1810. The molecule has 0 amide bonds. The summed E-state index contributed by atoms with van der Waals surface area (Å²) in [7, 11) is -3.70. The summed E-state index contributed by atoms with van der Waals surface area (Å²) in [4.78, 5) is 20.4. The molecule has 4 aromatic heterocycles. The first-order valence-electron chi connectivity index (χ1n) is 12.9. The molecule has 1 aromatic carbocycles. The van der Waals surface area contributed by atoms with Gasteiger partial charge in [-0.25, -0.2) is 18.4 Å². The Morgan fingerprint density at radius 2 is 1.75 bits per heavy atom. The number of anilines is 3. The Morgan fingerprint density at radius 3 is 2.42 bits per heavy atom. The number of rotatable bonds is 5. The first-order valence-corrected chi connectivity index (χ1v) is 14.8. The minimum absolute atomic E-state index is 0.0197. The predicted molar refractivity (Wildman–Crippen MR) is 154 cm³/mol. The topological polar surface area (TPSA) is 158 Å². The van der Waals surface area contributed by atoms with E-state index in [4.69, 9.17) is 16.5 Å². The van der Waals surface area contributed by atoms with Gasteiger partial charge in [-0.2, -0.15) is 14.6 Å². The van der Waals surface area contributed by atoms with E-state index < -0.39 is 9.84 Å². The minimum atomic E-state index is -3.70. The monoisotopic (exact) mass is 555 g/mol. The number of fused-ring (bicyclic) bond motifs is 1. The molecule has 0 aliphatic carbocycles. The van der Waals surface area contributed by atoms with Crippen molar-refractivity contribution in [3.8, 4) is 22.4 Å². The summed E-state index contributed by atoms with van der Waals surface area (Å²) in [6.07, 6.45) is 7.50. The molecule has 1 fully saturated rings. The van der Waals surface area contributed by atoms with Crippen molar-refractivity contribution in [3.05, 3.63) is 72.8 Å². The van der Waals surface area contributed by atoms with Crippen LogP contribution in [0.2, 0.25) is 0 Å². The molecule has 0 unspecified atom stereocenters. The van der Waals surface area contributed by atoms with E-state index in [2.05, 4.69) is 31.9 Å². The molecule has 1 aliphatic heterocycles. The van der Waals surface area contributed by atoms with Gasteiger partial charge in [-0.05, 0) is 31.9 Å². The lowest BCUT2D eigenvalue weighted by atomic mass is 9.88. The number of nitrogen functional groups attached to an aromatic ring is 2. The van der Waals surface area contributed by atoms with E-state index in [0.29, 0.717) is 42.5 Å². The van der Waals surface area contributed by atoms with Crippen molar-refractivity contribution in [1.82, 2.24) is 29.5 Å². The number of sulfone groups is 1. The van der Waals surface area contributed by atoms with Crippen LogP contribution in [-0.4, -0.2) is 56.8 Å². The molecule has 12 heteroatoms. The highest BCUT2D eigenvalue weighted by atomic mass is 32.2. The van der Waals surface area contributed by atoms with Gasteiger partial charge in [0.25, 0.3) is 0 Å². The molecule has 5 aromatic rings. The van der Waals surface area contributed by atoms with Crippen LogP contribution in [0.25, 0.3) is 28.0 Å². The number of nitrogens with zero attached hydrogens (tertiary/aromatic N) is 7. The fraction of sp³-hybridized carbons (Fsp3) is 0.250. The second kappa shape index (κ2) is 9.87. The molecule has 4 N–H and O–H groups in total.